The Kier molecular flexibility index (Phi) is 3.13. The van der Waals surface area contributed by atoms with Gasteiger partial charge in [-0.15, -0.1) is 0 Å². The molecule has 23 heavy (non-hydrogen) atoms. The molecule has 6 nitrogen and oxygen atoms in total. The molecule has 1 N–H and O–H groups in total. The molecule has 0 atom stereocenters. The summed E-state index contributed by atoms with van der Waals surface area (Å²) in [6.07, 6.45) is 0. The first-order valence-corrected chi connectivity index (χ1v) is 8.99. The van der Waals surface area contributed by atoms with E-state index in [1.807, 2.05) is 0 Å². The van der Waals surface area contributed by atoms with Gasteiger partial charge in [-0.1, -0.05) is 0 Å². The lowest BCUT2D eigenvalue weighted by molar-refractivity contribution is 0.584. The van der Waals surface area contributed by atoms with Gasteiger partial charge in [-0.05, 0) is 42.0 Å². The number of nitrogens with one attached hydrogen (secondary N) is 1. The predicted octanol–water partition coefficient (Wildman–Crippen LogP) is 2.02. The zero-order valence-corrected chi connectivity index (χ0v) is 13.2. The monoisotopic (exact) mass is 348 g/mol. The van der Waals surface area contributed by atoms with E-state index in [2.05, 4.69) is 18.7 Å². The summed E-state index contributed by atoms with van der Waals surface area (Å²) in [5.41, 5.74) is 3.58. The summed E-state index contributed by atoms with van der Waals surface area (Å²) in [7, 11) is -3.59. The highest BCUT2D eigenvalue weighted by Gasteiger charge is 2.23. The van der Waals surface area contributed by atoms with E-state index in [1.54, 1.807) is 24.3 Å². The molecule has 0 unspecified atom stereocenters. The van der Waals surface area contributed by atoms with Crippen LogP contribution in [0.5, 0.6) is 0 Å². The number of rotatable bonds is 1. The van der Waals surface area contributed by atoms with Crippen molar-refractivity contribution in [3.05, 3.63) is 58.9 Å². The zero-order chi connectivity index (χ0) is 16.0. The zero-order valence-electron chi connectivity index (χ0n) is 11.5. The lowest BCUT2D eigenvalue weighted by Crippen LogP contribution is -2.18. The van der Waals surface area contributed by atoms with Crippen LogP contribution in [0.2, 0.25) is 0 Å². The van der Waals surface area contributed by atoms with E-state index in [9.17, 15) is 12.8 Å². The van der Waals surface area contributed by atoms with E-state index in [1.165, 1.54) is 12.1 Å². The molecule has 0 aliphatic carbocycles. The van der Waals surface area contributed by atoms with Crippen LogP contribution in [0.25, 0.3) is 11.0 Å². The van der Waals surface area contributed by atoms with Crippen LogP contribution < -0.4 is 4.83 Å². The third kappa shape index (κ3) is 2.57. The number of hydrogen-bond donors (Lipinski definition) is 1. The van der Waals surface area contributed by atoms with Crippen molar-refractivity contribution >= 4 is 38.5 Å². The van der Waals surface area contributed by atoms with E-state index in [4.69, 9.17) is 0 Å². The molecule has 1 aliphatic rings. The Morgan fingerprint density at radius 1 is 1.09 bits per heavy atom. The lowest BCUT2D eigenvalue weighted by atomic mass is 9.97. The van der Waals surface area contributed by atoms with Crippen LogP contribution in [-0.2, 0) is 15.8 Å². The molecule has 0 bridgehead atoms. The van der Waals surface area contributed by atoms with Crippen molar-refractivity contribution in [1.29, 1.82) is 0 Å². The van der Waals surface area contributed by atoms with E-state index in [0.717, 1.165) is 11.7 Å². The minimum absolute atomic E-state index is 0.204. The number of aromatic nitrogens is 2. The van der Waals surface area contributed by atoms with Gasteiger partial charge in [0.25, 0.3) is 10.0 Å². The molecule has 4 rings (SSSR count). The van der Waals surface area contributed by atoms with Gasteiger partial charge < -0.3 is 0 Å². The molecule has 2 heterocycles. The fraction of sp³-hybridized carbons (Fsp3) is 0.0714. The van der Waals surface area contributed by atoms with Gasteiger partial charge in [-0.3, -0.25) is 0 Å². The molecular weight excluding hydrogens is 339 g/mol. The van der Waals surface area contributed by atoms with Crippen molar-refractivity contribution in [3.8, 4) is 0 Å². The van der Waals surface area contributed by atoms with Crippen molar-refractivity contribution in [3.63, 3.8) is 0 Å². The SMILES string of the molecule is O=S1(=O)Cc2cc3nsnc3cc2C(c2ccc(F)cc2)=NN1. The maximum atomic E-state index is 13.2. The molecule has 3 aromatic rings. The van der Waals surface area contributed by atoms with Crippen LogP contribution >= 0.6 is 11.7 Å². The number of sulfonamides is 1. The maximum absolute atomic E-state index is 13.2. The van der Waals surface area contributed by atoms with Gasteiger partial charge >= 0.3 is 0 Å². The molecule has 116 valence electrons. The number of halogens is 1. The first-order chi connectivity index (χ1) is 11.0. The van der Waals surface area contributed by atoms with Crippen molar-refractivity contribution < 1.29 is 12.8 Å². The molecule has 2 aromatic carbocycles. The van der Waals surface area contributed by atoms with Gasteiger partial charge in [0.15, 0.2) is 0 Å². The highest BCUT2D eigenvalue weighted by molar-refractivity contribution is 7.88. The second-order valence-corrected chi connectivity index (χ2v) is 7.31. The second kappa shape index (κ2) is 5.07. The number of hydrazone groups is 1. The van der Waals surface area contributed by atoms with Crippen LogP contribution in [0.3, 0.4) is 0 Å². The van der Waals surface area contributed by atoms with E-state index >= 15 is 0 Å². The summed E-state index contributed by atoms with van der Waals surface area (Å²) < 4.78 is 45.5. The maximum Gasteiger partial charge on any atom is 0.251 e. The molecule has 9 heteroatoms. The molecule has 0 fully saturated rings. The normalized spacial score (nSPS) is 16.3. The second-order valence-electron chi connectivity index (χ2n) is 5.08. The van der Waals surface area contributed by atoms with Crippen molar-refractivity contribution in [1.82, 2.24) is 13.6 Å². The van der Waals surface area contributed by atoms with Crippen LogP contribution in [-0.4, -0.2) is 22.9 Å². The van der Waals surface area contributed by atoms with Gasteiger partial charge in [-0.25, -0.2) is 17.6 Å². The Morgan fingerprint density at radius 3 is 2.52 bits per heavy atom. The third-order valence-electron chi connectivity index (χ3n) is 3.49. The van der Waals surface area contributed by atoms with Crippen LogP contribution in [0.4, 0.5) is 4.39 Å². The Balaban J connectivity index is 1.99. The van der Waals surface area contributed by atoms with Crippen molar-refractivity contribution in [2.75, 3.05) is 0 Å². The van der Waals surface area contributed by atoms with E-state index in [-0.39, 0.29) is 11.6 Å². The smallest absolute Gasteiger partial charge is 0.207 e. The number of hydrogen-bond acceptors (Lipinski definition) is 6. The number of fused-ring (bicyclic) bond motifs is 2. The van der Waals surface area contributed by atoms with Gasteiger partial charge in [0.1, 0.15) is 16.9 Å². The average molecular weight is 348 g/mol. The topological polar surface area (TPSA) is 84.3 Å². The van der Waals surface area contributed by atoms with Gasteiger partial charge in [-0.2, -0.15) is 13.8 Å². The predicted molar refractivity (Wildman–Crippen MR) is 85.2 cm³/mol. The van der Waals surface area contributed by atoms with Crippen LogP contribution in [0.15, 0.2) is 41.5 Å². The Bertz CT molecular complexity index is 1040. The Hall–Kier alpha value is -2.39. The fourth-order valence-electron chi connectivity index (χ4n) is 2.45. The highest BCUT2D eigenvalue weighted by atomic mass is 32.2. The third-order valence-corrected chi connectivity index (χ3v) is 5.11. The Labute approximate surface area is 135 Å². The molecular formula is C14H9FN4O2S2. The van der Waals surface area contributed by atoms with Crippen molar-refractivity contribution in [2.24, 2.45) is 5.10 Å². The largest absolute Gasteiger partial charge is 0.251 e. The van der Waals surface area contributed by atoms with Gasteiger partial charge in [0.2, 0.25) is 0 Å². The first-order valence-electron chi connectivity index (χ1n) is 6.60. The fourth-order valence-corrected chi connectivity index (χ4v) is 3.91. The molecule has 1 aromatic heterocycles. The Morgan fingerprint density at radius 2 is 1.78 bits per heavy atom. The van der Waals surface area contributed by atoms with Gasteiger partial charge in [0.05, 0.1) is 23.2 Å². The van der Waals surface area contributed by atoms with Gasteiger partial charge in [0, 0.05) is 11.1 Å². The summed E-state index contributed by atoms with van der Waals surface area (Å²) in [5, 5.41) is 4.02. The summed E-state index contributed by atoms with van der Waals surface area (Å²) in [6.45, 7) is 0. The van der Waals surface area contributed by atoms with Crippen LogP contribution in [0, 0.1) is 5.82 Å². The number of nitrogens with zero attached hydrogens (tertiary/aromatic N) is 3. The molecule has 0 saturated carbocycles. The summed E-state index contributed by atoms with van der Waals surface area (Å²) >= 11 is 1.06. The minimum Gasteiger partial charge on any atom is -0.207 e. The van der Waals surface area contributed by atoms with E-state index < -0.39 is 10.0 Å². The first kappa shape index (κ1) is 14.2. The standard InChI is InChI=1S/C14H9FN4O2S2/c15-10-3-1-8(2-4-10)14-11-6-13-12(17-22-18-13)5-9(11)7-23(20,21)19-16-14/h1-6,19H,7H2. The lowest BCUT2D eigenvalue weighted by Gasteiger charge is -2.08. The van der Waals surface area contributed by atoms with Crippen molar-refractivity contribution in [2.45, 2.75) is 5.75 Å². The highest BCUT2D eigenvalue weighted by Crippen LogP contribution is 2.25. The summed E-state index contributed by atoms with van der Waals surface area (Å²) in [6, 6.07) is 9.19. The van der Waals surface area contributed by atoms with E-state index in [0.29, 0.717) is 33.4 Å². The minimum atomic E-state index is -3.59. The quantitative estimate of drug-likeness (QED) is 0.729. The molecule has 0 radical (unpaired) electrons. The summed E-state index contributed by atoms with van der Waals surface area (Å²) in [4.78, 5) is 2.21. The average Bonchev–Trinajstić information content (AvgIpc) is 2.90. The molecule has 1 aliphatic heterocycles. The molecule has 0 spiro atoms. The van der Waals surface area contributed by atoms with Crippen LogP contribution in [0.1, 0.15) is 16.7 Å². The molecule has 0 amide bonds. The number of benzene rings is 2. The summed E-state index contributed by atoms with van der Waals surface area (Å²) in [5.74, 6) is -0.577. The molecule has 0 saturated heterocycles.